The Morgan fingerprint density at radius 2 is 2.00 bits per heavy atom. The van der Waals surface area contributed by atoms with Gasteiger partial charge in [0.05, 0.1) is 12.0 Å². The molecule has 0 aliphatic heterocycles. The molecule has 0 aliphatic carbocycles. The van der Waals surface area contributed by atoms with Crippen molar-refractivity contribution >= 4 is 11.7 Å². The Labute approximate surface area is 97.2 Å². The van der Waals surface area contributed by atoms with E-state index in [1.807, 2.05) is 0 Å². The molecule has 0 aliphatic rings. The molecule has 1 heterocycles. The van der Waals surface area contributed by atoms with Crippen LogP contribution in [0.5, 0.6) is 0 Å². The molecule has 18 heavy (non-hydrogen) atoms. The molecule has 1 rings (SSSR count). The van der Waals surface area contributed by atoms with Crippen LogP contribution in [-0.2, 0) is 17.4 Å². The lowest BCUT2D eigenvalue weighted by atomic mass is 10.1. The Morgan fingerprint density at radius 3 is 2.39 bits per heavy atom. The Kier molecular flexibility index (Phi) is 3.73. The zero-order valence-corrected chi connectivity index (χ0v) is 8.63. The monoisotopic (exact) mass is 270 g/mol. The molecule has 1 aromatic heterocycles. The number of aromatic nitrogens is 1. The van der Waals surface area contributed by atoms with Gasteiger partial charge in [-0.1, -0.05) is 0 Å². The zero-order chi connectivity index (χ0) is 14.1. The molecule has 0 amide bonds. The Morgan fingerprint density at radius 1 is 1.44 bits per heavy atom. The minimum Gasteiger partial charge on any atom is -0.481 e. The summed E-state index contributed by atoms with van der Waals surface area (Å²) in [7, 11) is 0. The van der Waals surface area contributed by atoms with Crippen LogP contribution in [0.15, 0.2) is 6.20 Å². The van der Waals surface area contributed by atoms with E-state index in [1.54, 1.807) is 0 Å². The van der Waals surface area contributed by atoms with Gasteiger partial charge in [0.2, 0.25) is 0 Å². The van der Waals surface area contributed by atoms with E-state index < -0.39 is 41.9 Å². The number of alkyl halides is 5. The van der Waals surface area contributed by atoms with Crippen molar-refractivity contribution in [1.29, 1.82) is 0 Å². The van der Waals surface area contributed by atoms with Crippen LogP contribution in [0.3, 0.4) is 0 Å². The molecular formula is C9H7F5N2O2. The van der Waals surface area contributed by atoms with E-state index in [-0.39, 0.29) is 5.56 Å². The summed E-state index contributed by atoms with van der Waals surface area (Å²) in [5, 5.41) is 8.46. The number of nitrogens with two attached hydrogens (primary N) is 1. The first kappa shape index (κ1) is 14.1. The summed E-state index contributed by atoms with van der Waals surface area (Å²) in [5.41, 5.74) is 0.583. The van der Waals surface area contributed by atoms with Gasteiger partial charge in [-0.3, -0.25) is 9.78 Å². The van der Waals surface area contributed by atoms with Crippen molar-refractivity contribution in [3.8, 4) is 0 Å². The van der Waals surface area contributed by atoms with Gasteiger partial charge in [0.25, 0.3) is 6.43 Å². The summed E-state index contributed by atoms with van der Waals surface area (Å²) in [4.78, 5) is 13.2. The summed E-state index contributed by atoms with van der Waals surface area (Å²) in [6.07, 6.45) is -8.82. The third-order valence-corrected chi connectivity index (χ3v) is 2.07. The van der Waals surface area contributed by atoms with Crippen molar-refractivity contribution in [2.45, 2.75) is 19.0 Å². The lowest BCUT2D eigenvalue weighted by Gasteiger charge is -2.15. The molecule has 0 saturated heterocycles. The Hall–Kier alpha value is -1.93. The third-order valence-electron chi connectivity index (χ3n) is 2.07. The van der Waals surface area contributed by atoms with Crippen LogP contribution in [-0.4, -0.2) is 16.1 Å². The van der Waals surface area contributed by atoms with Gasteiger partial charge in [0, 0.05) is 17.4 Å². The molecule has 3 N–H and O–H groups in total. The van der Waals surface area contributed by atoms with Crippen LogP contribution in [0.1, 0.15) is 23.2 Å². The van der Waals surface area contributed by atoms with Crippen LogP contribution < -0.4 is 5.73 Å². The maximum Gasteiger partial charge on any atom is 0.433 e. The van der Waals surface area contributed by atoms with Crippen molar-refractivity contribution in [1.82, 2.24) is 4.98 Å². The van der Waals surface area contributed by atoms with E-state index in [9.17, 15) is 26.7 Å². The maximum absolute atomic E-state index is 12.6. The number of nitrogen functional groups attached to an aromatic ring is 1. The highest BCUT2D eigenvalue weighted by molar-refractivity contribution is 5.73. The molecule has 4 nitrogen and oxygen atoms in total. The van der Waals surface area contributed by atoms with Gasteiger partial charge in [-0.05, 0) is 0 Å². The average molecular weight is 270 g/mol. The van der Waals surface area contributed by atoms with Crippen molar-refractivity contribution in [3.05, 3.63) is 23.0 Å². The highest BCUT2D eigenvalue weighted by Crippen LogP contribution is 2.38. The van der Waals surface area contributed by atoms with Crippen molar-refractivity contribution in [2.24, 2.45) is 0 Å². The van der Waals surface area contributed by atoms with Crippen molar-refractivity contribution in [2.75, 3.05) is 5.73 Å². The molecule has 0 fully saturated rings. The van der Waals surface area contributed by atoms with E-state index in [1.165, 1.54) is 0 Å². The molecule has 9 heteroatoms. The maximum atomic E-state index is 12.6. The van der Waals surface area contributed by atoms with Gasteiger partial charge in [-0.2, -0.15) is 13.2 Å². The van der Waals surface area contributed by atoms with Crippen LogP contribution in [0.25, 0.3) is 0 Å². The second kappa shape index (κ2) is 4.75. The summed E-state index contributed by atoms with van der Waals surface area (Å²) in [5.74, 6) is -1.41. The minimum absolute atomic E-state index is 0.384. The molecule has 0 unspecified atom stereocenters. The number of pyridine rings is 1. The van der Waals surface area contributed by atoms with Crippen molar-refractivity contribution < 1.29 is 31.9 Å². The first-order valence-electron chi connectivity index (χ1n) is 4.49. The number of nitrogens with zero attached hydrogens (tertiary/aromatic N) is 1. The smallest absolute Gasteiger partial charge is 0.433 e. The Balaban J connectivity index is 3.42. The van der Waals surface area contributed by atoms with Gasteiger partial charge in [-0.15, -0.1) is 0 Å². The fourth-order valence-corrected chi connectivity index (χ4v) is 1.33. The highest BCUT2D eigenvalue weighted by Gasteiger charge is 2.39. The average Bonchev–Trinajstić information content (AvgIpc) is 2.17. The Bertz CT molecular complexity index is 473. The van der Waals surface area contributed by atoms with E-state index in [0.29, 0.717) is 6.20 Å². The summed E-state index contributed by atoms with van der Waals surface area (Å²) in [6, 6.07) is 0. The van der Waals surface area contributed by atoms with E-state index in [0.717, 1.165) is 0 Å². The van der Waals surface area contributed by atoms with Gasteiger partial charge < -0.3 is 10.8 Å². The van der Waals surface area contributed by atoms with Gasteiger partial charge in [0.1, 0.15) is 0 Å². The van der Waals surface area contributed by atoms with Crippen molar-refractivity contribution in [3.63, 3.8) is 0 Å². The zero-order valence-electron chi connectivity index (χ0n) is 8.63. The number of anilines is 1. The van der Waals surface area contributed by atoms with Crippen LogP contribution in [0.4, 0.5) is 27.6 Å². The normalized spacial score (nSPS) is 11.9. The first-order chi connectivity index (χ1) is 8.14. The molecule has 0 aromatic carbocycles. The van der Waals surface area contributed by atoms with Crippen LogP contribution >= 0.6 is 0 Å². The number of rotatable bonds is 3. The summed E-state index contributed by atoms with van der Waals surface area (Å²) >= 11 is 0. The second-order valence-corrected chi connectivity index (χ2v) is 3.33. The lowest BCUT2D eigenvalue weighted by Crippen LogP contribution is -2.17. The highest BCUT2D eigenvalue weighted by atomic mass is 19.4. The number of carbonyl (C=O) groups is 1. The molecule has 0 bridgehead atoms. The molecule has 0 saturated carbocycles. The van der Waals surface area contributed by atoms with Gasteiger partial charge >= 0.3 is 12.1 Å². The first-order valence-corrected chi connectivity index (χ1v) is 4.49. The SMILES string of the molecule is Nc1c(CC(=O)O)cnc(C(F)(F)F)c1C(F)F. The van der Waals surface area contributed by atoms with E-state index in [2.05, 4.69) is 4.98 Å². The summed E-state index contributed by atoms with van der Waals surface area (Å²) in [6.45, 7) is 0. The number of carboxylic acids is 1. The predicted molar refractivity (Wildman–Crippen MR) is 49.9 cm³/mol. The fraction of sp³-hybridized carbons (Fsp3) is 0.333. The van der Waals surface area contributed by atoms with Gasteiger partial charge in [-0.25, -0.2) is 8.78 Å². The topological polar surface area (TPSA) is 76.2 Å². The minimum atomic E-state index is -5.08. The van der Waals surface area contributed by atoms with E-state index in [4.69, 9.17) is 10.8 Å². The molecule has 0 spiro atoms. The number of halogens is 5. The molecule has 1 aromatic rings. The predicted octanol–water partition coefficient (Wildman–Crippen LogP) is 2.25. The third kappa shape index (κ3) is 2.84. The number of hydrogen-bond donors (Lipinski definition) is 2. The molecule has 100 valence electrons. The fourth-order valence-electron chi connectivity index (χ4n) is 1.33. The number of carboxylic acid groups (broad SMARTS) is 1. The quantitative estimate of drug-likeness (QED) is 0.826. The lowest BCUT2D eigenvalue weighted by molar-refractivity contribution is -0.143. The summed E-state index contributed by atoms with van der Waals surface area (Å²) < 4.78 is 62.4. The molecular weight excluding hydrogens is 263 g/mol. The van der Waals surface area contributed by atoms with Crippen LogP contribution in [0, 0.1) is 0 Å². The molecule has 0 atom stereocenters. The standard InChI is InChI=1S/C9H7F5N2O2/c10-8(11)5-6(15)3(1-4(17)18)2-16-7(5)9(12,13)14/h2,8H,1H2,(H2,15,16)(H,17,18). The number of aliphatic carboxylic acids is 1. The van der Waals surface area contributed by atoms with E-state index >= 15 is 0 Å². The van der Waals surface area contributed by atoms with Crippen LogP contribution in [0.2, 0.25) is 0 Å². The number of hydrogen-bond acceptors (Lipinski definition) is 3. The molecule has 0 radical (unpaired) electrons. The van der Waals surface area contributed by atoms with Gasteiger partial charge in [0.15, 0.2) is 5.69 Å². The largest absolute Gasteiger partial charge is 0.481 e. The second-order valence-electron chi connectivity index (χ2n) is 3.33.